The number of aromatic amines is 1. The van der Waals surface area contributed by atoms with Gasteiger partial charge in [0.15, 0.2) is 0 Å². The third kappa shape index (κ3) is 2.39. The molecule has 0 radical (unpaired) electrons. The minimum absolute atomic E-state index is 0.0327. The van der Waals surface area contributed by atoms with E-state index in [9.17, 15) is 9.59 Å². The van der Waals surface area contributed by atoms with E-state index in [1.807, 2.05) is 0 Å². The van der Waals surface area contributed by atoms with E-state index < -0.39 is 12.1 Å². The number of benzene rings is 1. The minimum atomic E-state index is -1.41. The number of carboxylic acids is 1. The van der Waals surface area contributed by atoms with Gasteiger partial charge in [-0.25, -0.2) is 19.3 Å². The van der Waals surface area contributed by atoms with E-state index in [1.165, 1.54) is 29.2 Å². The molecule has 0 bridgehead atoms. The van der Waals surface area contributed by atoms with Crippen molar-refractivity contribution in [3.05, 3.63) is 36.2 Å². The van der Waals surface area contributed by atoms with Gasteiger partial charge in [0.05, 0.1) is 22.8 Å². The zero-order valence-corrected chi connectivity index (χ0v) is 10.3. The average Bonchev–Trinajstić information content (AvgIpc) is 3.03. The first-order chi connectivity index (χ1) is 10.0. The number of nitrogens with one attached hydrogen (secondary N) is 1. The zero-order valence-electron chi connectivity index (χ0n) is 10.3. The lowest BCUT2D eigenvalue weighted by Crippen LogP contribution is -2.02. The molecular weight excluding hydrogens is 280 g/mol. The van der Waals surface area contributed by atoms with E-state index in [4.69, 9.17) is 10.2 Å². The van der Waals surface area contributed by atoms with Gasteiger partial charge in [-0.3, -0.25) is 0 Å². The SMILES string of the molecule is O=C(O)Oc1ccc2nc(-n3cc(C(=O)O)cn3)[nH]c2c1. The molecule has 3 rings (SSSR count). The molecule has 1 aromatic carbocycles. The number of ether oxygens (including phenoxy) is 1. The summed E-state index contributed by atoms with van der Waals surface area (Å²) in [5.74, 6) is -0.628. The van der Waals surface area contributed by atoms with Crippen LogP contribution >= 0.6 is 0 Å². The molecule has 0 saturated heterocycles. The molecule has 0 aliphatic heterocycles. The molecule has 0 spiro atoms. The average molecular weight is 288 g/mol. The van der Waals surface area contributed by atoms with Crippen LogP contribution in [0.4, 0.5) is 4.79 Å². The summed E-state index contributed by atoms with van der Waals surface area (Å²) in [7, 11) is 0. The lowest BCUT2D eigenvalue weighted by atomic mass is 10.3. The van der Waals surface area contributed by atoms with Crippen molar-refractivity contribution in [2.45, 2.75) is 0 Å². The van der Waals surface area contributed by atoms with E-state index in [0.29, 0.717) is 17.0 Å². The standard InChI is InChI=1S/C12H8N4O5/c17-10(18)6-4-13-16(5-6)11-14-8-2-1-7(21-12(19)20)3-9(8)15-11/h1-5H,(H,14,15)(H,17,18)(H,19,20). The van der Waals surface area contributed by atoms with Crippen molar-refractivity contribution in [1.82, 2.24) is 19.7 Å². The highest BCUT2D eigenvalue weighted by atomic mass is 16.7. The van der Waals surface area contributed by atoms with Gasteiger partial charge in [-0.2, -0.15) is 5.10 Å². The summed E-state index contributed by atoms with van der Waals surface area (Å²) < 4.78 is 5.82. The van der Waals surface area contributed by atoms with Crippen molar-refractivity contribution in [3.8, 4) is 11.7 Å². The molecule has 3 N–H and O–H groups in total. The molecule has 0 saturated carbocycles. The van der Waals surface area contributed by atoms with Crippen LogP contribution in [0.3, 0.4) is 0 Å². The largest absolute Gasteiger partial charge is 0.511 e. The van der Waals surface area contributed by atoms with Gasteiger partial charge in [0.1, 0.15) is 5.75 Å². The zero-order chi connectivity index (χ0) is 15.0. The quantitative estimate of drug-likeness (QED) is 0.491. The monoisotopic (exact) mass is 288 g/mol. The van der Waals surface area contributed by atoms with Crippen molar-refractivity contribution in [1.29, 1.82) is 0 Å². The molecule has 3 aromatic rings. The van der Waals surface area contributed by atoms with Crippen LogP contribution in [0.15, 0.2) is 30.6 Å². The Balaban J connectivity index is 1.99. The van der Waals surface area contributed by atoms with Crippen molar-refractivity contribution < 1.29 is 24.5 Å². The number of fused-ring (bicyclic) bond motifs is 1. The Morgan fingerprint density at radius 1 is 1.29 bits per heavy atom. The van der Waals surface area contributed by atoms with Crippen molar-refractivity contribution >= 4 is 23.2 Å². The first-order valence-corrected chi connectivity index (χ1v) is 5.72. The highest BCUT2D eigenvalue weighted by molar-refractivity contribution is 5.87. The predicted molar refractivity (Wildman–Crippen MR) is 68.8 cm³/mol. The molecule has 0 amide bonds. The number of imidazole rings is 1. The predicted octanol–water partition coefficient (Wildman–Crippen LogP) is 1.50. The molecule has 106 valence electrons. The molecule has 9 nitrogen and oxygen atoms in total. The van der Waals surface area contributed by atoms with Crippen LogP contribution in [0.25, 0.3) is 17.0 Å². The van der Waals surface area contributed by atoms with Gasteiger partial charge < -0.3 is 19.9 Å². The molecule has 0 aliphatic rings. The second-order valence-corrected chi connectivity index (χ2v) is 4.09. The lowest BCUT2D eigenvalue weighted by molar-refractivity contribution is 0.0696. The summed E-state index contributed by atoms with van der Waals surface area (Å²) in [4.78, 5) is 28.4. The Hall–Kier alpha value is -3.36. The summed E-state index contributed by atoms with van der Waals surface area (Å²) in [6.45, 7) is 0. The van der Waals surface area contributed by atoms with Gasteiger partial charge in [-0.05, 0) is 12.1 Å². The number of H-pyrrole nitrogens is 1. The summed E-state index contributed by atoms with van der Waals surface area (Å²) in [5, 5.41) is 21.3. The van der Waals surface area contributed by atoms with E-state index in [0.717, 1.165) is 0 Å². The summed E-state index contributed by atoms with van der Waals surface area (Å²) in [5.41, 5.74) is 1.14. The van der Waals surface area contributed by atoms with Crippen LogP contribution < -0.4 is 4.74 Å². The summed E-state index contributed by atoms with van der Waals surface area (Å²) in [6, 6.07) is 4.52. The van der Waals surface area contributed by atoms with E-state index >= 15 is 0 Å². The number of carbonyl (C=O) groups is 2. The van der Waals surface area contributed by atoms with Gasteiger partial charge in [-0.1, -0.05) is 0 Å². The van der Waals surface area contributed by atoms with Crippen LogP contribution in [0, 0.1) is 0 Å². The Morgan fingerprint density at radius 3 is 2.76 bits per heavy atom. The molecule has 0 aliphatic carbocycles. The van der Waals surface area contributed by atoms with Crippen molar-refractivity contribution in [2.75, 3.05) is 0 Å². The smallest absolute Gasteiger partial charge is 0.478 e. The third-order valence-corrected chi connectivity index (χ3v) is 2.69. The van der Waals surface area contributed by atoms with Crippen LogP contribution in [0.2, 0.25) is 0 Å². The Morgan fingerprint density at radius 2 is 2.10 bits per heavy atom. The fraction of sp³-hybridized carbons (Fsp3) is 0. The molecule has 2 aromatic heterocycles. The number of hydrogen-bond donors (Lipinski definition) is 3. The topological polar surface area (TPSA) is 130 Å². The molecule has 9 heteroatoms. The maximum atomic E-state index is 10.8. The van der Waals surface area contributed by atoms with Crippen LogP contribution in [-0.4, -0.2) is 42.1 Å². The fourth-order valence-electron chi connectivity index (χ4n) is 1.80. The molecule has 0 unspecified atom stereocenters. The minimum Gasteiger partial charge on any atom is -0.478 e. The highest BCUT2D eigenvalue weighted by Crippen LogP contribution is 2.20. The second kappa shape index (κ2) is 4.63. The first kappa shape index (κ1) is 12.7. The van der Waals surface area contributed by atoms with Gasteiger partial charge >= 0.3 is 12.1 Å². The Bertz CT molecular complexity index is 850. The Labute approximate surface area is 116 Å². The van der Waals surface area contributed by atoms with E-state index in [2.05, 4.69) is 19.8 Å². The van der Waals surface area contributed by atoms with Crippen LogP contribution in [-0.2, 0) is 0 Å². The molecule has 0 fully saturated rings. The second-order valence-electron chi connectivity index (χ2n) is 4.09. The summed E-state index contributed by atoms with van der Waals surface area (Å²) in [6.07, 6.45) is 1.11. The number of aromatic nitrogens is 4. The highest BCUT2D eigenvalue weighted by Gasteiger charge is 2.11. The number of rotatable bonds is 3. The van der Waals surface area contributed by atoms with Crippen molar-refractivity contribution in [2.24, 2.45) is 0 Å². The van der Waals surface area contributed by atoms with E-state index in [1.54, 1.807) is 6.07 Å². The first-order valence-electron chi connectivity index (χ1n) is 5.72. The maximum Gasteiger partial charge on any atom is 0.511 e. The maximum absolute atomic E-state index is 10.8. The lowest BCUT2D eigenvalue weighted by Gasteiger charge is -1.97. The van der Waals surface area contributed by atoms with Gasteiger partial charge in [0.2, 0.25) is 5.95 Å². The number of carboxylic acid groups (broad SMARTS) is 2. The normalized spacial score (nSPS) is 10.7. The number of aromatic carboxylic acids is 1. The Kier molecular flexibility index (Phi) is 2.79. The molecule has 21 heavy (non-hydrogen) atoms. The van der Waals surface area contributed by atoms with Gasteiger partial charge in [0, 0.05) is 12.3 Å². The summed E-state index contributed by atoms with van der Waals surface area (Å²) >= 11 is 0. The third-order valence-electron chi connectivity index (χ3n) is 2.69. The molecular formula is C12H8N4O5. The van der Waals surface area contributed by atoms with Crippen molar-refractivity contribution in [3.63, 3.8) is 0 Å². The molecule has 0 atom stereocenters. The fourth-order valence-corrected chi connectivity index (χ4v) is 1.80. The van der Waals surface area contributed by atoms with E-state index in [-0.39, 0.29) is 11.3 Å². The number of nitrogens with zero attached hydrogens (tertiary/aromatic N) is 3. The number of hydrogen-bond acceptors (Lipinski definition) is 5. The van der Waals surface area contributed by atoms with Crippen LogP contribution in [0.1, 0.15) is 10.4 Å². The van der Waals surface area contributed by atoms with Crippen LogP contribution in [0.5, 0.6) is 5.75 Å². The van der Waals surface area contributed by atoms with Gasteiger partial charge in [-0.15, -0.1) is 0 Å². The molecule has 2 heterocycles. The van der Waals surface area contributed by atoms with Gasteiger partial charge in [0.25, 0.3) is 0 Å².